The molecule has 1 saturated heterocycles. The first-order chi connectivity index (χ1) is 12.6. The third-order valence-corrected chi connectivity index (χ3v) is 5.22. The molecule has 0 saturated carbocycles. The van der Waals surface area contributed by atoms with Crippen molar-refractivity contribution in [3.8, 4) is 0 Å². The van der Waals surface area contributed by atoms with E-state index >= 15 is 0 Å². The van der Waals surface area contributed by atoms with Crippen LogP contribution in [0.2, 0.25) is 5.02 Å². The van der Waals surface area contributed by atoms with Gasteiger partial charge in [-0.05, 0) is 68.1 Å². The number of halogens is 1. The highest BCUT2D eigenvalue weighted by atomic mass is 35.5. The molecule has 1 aliphatic rings. The highest BCUT2D eigenvalue weighted by Crippen LogP contribution is 2.23. The number of piperidine rings is 1. The number of nitrogens with one attached hydrogen (secondary N) is 2. The minimum Gasteiger partial charge on any atom is -0.385 e. The number of anilines is 3. The second-order valence-electron chi connectivity index (χ2n) is 6.73. The molecule has 138 valence electrons. The van der Waals surface area contributed by atoms with Crippen LogP contribution in [0.3, 0.4) is 0 Å². The Kier molecular flexibility index (Phi) is 6.40. The van der Waals surface area contributed by atoms with E-state index in [1.165, 1.54) is 24.9 Å². The molecule has 1 heterocycles. The monoisotopic (exact) mass is 371 g/mol. The summed E-state index contributed by atoms with van der Waals surface area (Å²) in [6.07, 6.45) is 4.30. The van der Waals surface area contributed by atoms with Gasteiger partial charge in [0.25, 0.3) is 0 Å². The second kappa shape index (κ2) is 8.95. The van der Waals surface area contributed by atoms with Gasteiger partial charge in [0.2, 0.25) is 5.91 Å². The van der Waals surface area contributed by atoms with Crippen LogP contribution in [0.15, 0.2) is 42.5 Å². The second-order valence-corrected chi connectivity index (χ2v) is 7.14. The predicted octanol–water partition coefficient (Wildman–Crippen LogP) is 5.08. The van der Waals surface area contributed by atoms with E-state index < -0.39 is 0 Å². The van der Waals surface area contributed by atoms with E-state index in [1.54, 1.807) is 0 Å². The number of benzene rings is 2. The molecule has 0 aromatic heterocycles. The van der Waals surface area contributed by atoms with Crippen molar-refractivity contribution in [3.05, 3.63) is 53.1 Å². The van der Waals surface area contributed by atoms with Gasteiger partial charge in [-0.3, -0.25) is 4.79 Å². The summed E-state index contributed by atoms with van der Waals surface area (Å²) in [4.78, 5) is 14.6. The quantitative estimate of drug-likeness (QED) is 0.744. The number of hydrogen-bond acceptors (Lipinski definition) is 3. The SMILES string of the molecule is Cc1c(Cl)cccc1NC(=O)CCNc1ccc(N2CCCCC2)cc1. The van der Waals surface area contributed by atoms with Crippen LogP contribution in [0.5, 0.6) is 0 Å². The van der Waals surface area contributed by atoms with Crippen LogP contribution in [0.4, 0.5) is 17.1 Å². The number of carbonyl (C=O) groups is 1. The van der Waals surface area contributed by atoms with Crippen molar-refractivity contribution in [2.45, 2.75) is 32.6 Å². The van der Waals surface area contributed by atoms with Crippen molar-refractivity contribution in [3.63, 3.8) is 0 Å². The van der Waals surface area contributed by atoms with Crippen molar-refractivity contribution >= 4 is 34.6 Å². The van der Waals surface area contributed by atoms with Crippen LogP contribution in [-0.2, 0) is 4.79 Å². The molecular formula is C21H26ClN3O. The van der Waals surface area contributed by atoms with Crippen molar-refractivity contribution in [1.82, 2.24) is 0 Å². The fourth-order valence-electron chi connectivity index (χ4n) is 3.22. The molecule has 0 spiro atoms. The normalized spacial score (nSPS) is 14.2. The third kappa shape index (κ3) is 4.92. The average molecular weight is 372 g/mol. The van der Waals surface area contributed by atoms with Crippen LogP contribution in [0.1, 0.15) is 31.2 Å². The molecule has 26 heavy (non-hydrogen) atoms. The lowest BCUT2D eigenvalue weighted by Crippen LogP contribution is -2.29. The lowest BCUT2D eigenvalue weighted by atomic mass is 10.1. The van der Waals surface area contributed by atoms with Gasteiger partial charge in [-0.25, -0.2) is 0 Å². The van der Waals surface area contributed by atoms with Gasteiger partial charge >= 0.3 is 0 Å². The number of amides is 1. The lowest BCUT2D eigenvalue weighted by Gasteiger charge is -2.28. The first kappa shape index (κ1) is 18.6. The summed E-state index contributed by atoms with van der Waals surface area (Å²) in [5.74, 6) is -0.0206. The maximum atomic E-state index is 12.1. The van der Waals surface area contributed by atoms with E-state index in [0.717, 1.165) is 30.0 Å². The number of nitrogens with zero attached hydrogens (tertiary/aromatic N) is 1. The summed E-state index contributed by atoms with van der Waals surface area (Å²) in [5.41, 5.74) is 3.99. The van der Waals surface area contributed by atoms with Gasteiger partial charge < -0.3 is 15.5 Å². The molecule has 0 unspecified atom stereocenters. The van der Waals surface area contributed by atoms with Gasteiger partial charge in [-0.1, -0.05) is 17.7 Å². The zero-order valence-electron chi connectivity index (χ0n) is 15.2. The molecule has 5 heteroatoms. The van der Waals surface area contributed by atoms with Crippen molar-refractivity contribution in [2.24, 2.45) is 0 Å². The Morgan fingerprint density at radius 1 is 1.08 bits per heavy atom. The Morgan fingerprint density at radius 2 is 1.81 bits per heavy atom. The first-order valence-electron chi connectivity index (χ1n) is 9.27. The molecule has 4 nitrogen and oxygen atoms in total. The van der Waals surface area contributed by atoms with E-state index in [0.29, 0.717) is 18.0 Å². The summed E-state index contributed by atoms with van der Waals surface area (Å²) in [6.45, 7) is 4.79. The summed E-state index contributed by atoms with van der Waals surface area (Å²) in [7, 11) is 0. The largest absolute Gasteiger partial charge is 0.385 e. The maximum Gasteiger partial charge on any atom is 0.226 e. The number of hydrogen-bond donors (Lipinski definition) is 2. The molecule has 1 fully saturated rings. The van der Waals surface area contributed by atoms with Crippen LogP contribution in [0, 0.1) is 6.92 Å². The molecule has 1 amide bonds. The molecular weight excluding hydrogens is 346 g/mol. The smallest absolute Gasteiger partial charge is 0.226 e. The molecule has 3 rings (SSSR count). The third-order valence-electron chi connectivity index (χ3n) is 4.81. The van der Waals surface area contributed by atoms with Crippen molar-refractivity contribution in [2.75, 3.05) is 35.2 Å². The van der Waals surface area contributed by atoms with Crippen molar-refractivity contribution < 1.29 is 4.79 Å². The molecule has 2 N–H and O–H groups in total. The zero-order valence-corrected chi connectivity index (χ0v) is 16.0. The van der Waals surface area contributed by atoms with E-state index in [2.05, 4.69) is 39.8 Å². The highest BCUT2D eigenvalue weighted by molar-refractivity contribution is 6.31. The molecule has 0 radical (unpaired) electrons. The topological polar surface area (TPSA) is 44.4 Å². The van der Waals surface area contributed by atoms with E-state index in [9.17, 15) is 4.79 Å². The lowest BCUT2D eigenvalue weighted by molar-refractivity contribution is -0.115. The zero-order chi connectivity index (χ0) is 18.4. The molecule has 2 aromatic carbocycles. The van der Waals surface area contributed by atoms with Crippen LogP contribution < -0.4 is 15.5 Å². The minimum absolute atomic E-state index is 0.0206. The summed E-state index contributed by atoms with van der Waals surface area (Å²) >= 11 is 6.08. The standard InChI is InChI=1S/C21H26ClN3O/c1-16-19(22)6-5-7-20(16)24-21(26)12-13-23-17-8-10-18(11-9-17)25-14-3-2-4-15-25/h5-11,23H,2-4,12-15H2,1H3,(H,24,26). The summed E-state index contributed by atoms with van der Waals surface area (Å²) in [5, 5.41) is 6.89. The van der Waals surface area contributed by atoms with Gasteiger partial charge in [0, 0.05) is 48.1 Å². The Bertz CT molecular complexity index is 739. The van der Waals surface area contributed by atoms with E-state index in [1.807, 2.05) is 25.1 Å². The van der Waals surface area contributed by atoms with E-state index in [4.69, 9.17) is 11.6 Å². The maximum absolute atomic E-state index is 12.1. The van der Waals surface area contributed by atoms with Crippen LogP contribution in [0.25, 0.3) is 0 Å². The molecule has 0 bridgehead atoms. The number of rotatable bonds is 6. The Balaban J connectivity index is 1.45. The van der Waals surface area contributed by atoms with Gasteiger partial charge in [0.05, 0.1) is 0 Å². The van der Waals surface area contributed by atoms with Crippen LogP contribution >= 0.6 is 11.6 Å². The fourth-order valence-corrected chi connectivity index (χ4v) is 3.39. The molecule has 0 aliphatic carbocycles. The van der Waals surface area contributed by atoms with Gasteiger partial charge in [-0.2, -0.15) is 0 Å². The summed E-state index contributed by atoms with van der Waals surface area (Å²) in [6, 6.07) is 14.0. The van der Waals surface area contributed by atoms with Gasteiger partial charge in [0.1, 0.15) is 0 Å². The minimum atomic E-state index is -0.0206. The number of carbonyl (C=O) groups excluding carboxylic acids is 1. The molecule has 1 aliphatic heterocycles. The molecule has 0 atom stereocenters. The first-order valence-corrected chi connectivity index (χ1v) is 9.65. The van der Waals surface area contributed by atoms with Gasteiger partial charge in [0.15, 0.2) is 0 Å². The summed E-state index contributed by atoms with van der Waals surface area (Å²) < 4.78 is 0. The van der Waals surface area contributed by atoms with Crippen molar-refractivity contribution in [1.29, 1.82) is 0 Å². The van der Waals surface area contributed by atoms with E-state index in [-0.39, 0.29) is 5.91 Å². The fraction of sp³-hybridized carbons (Fsp3) is 0.381. The Hall–Kier alpha value is -2.20. The Morgan fingerprint density at radius 3 is 2.54 bits per heavy atom. The average Bonchev–Trinajstić information content (AvgIpc) is 2.67. The predicted molar refractivity (Wildman–Crippen MR) is 110 cm³/mol. The molecule has 2 aromatic rings. The highest BCUT2D eigenvalue weighted by Gasteiger charge is 2.10. The van der Waals surface area contributed by atoms with Gasteiger partial charge in [-0.15, -0.1) is 0 Å². The Labute approximate surface area is 160 Å². The van der Waals surface area contributed by atoms with Crippen LogP contribution in [-0.4, -0.2) is 25.5 Å².